The van der Waals surface area contributed by atoms with Crippen LogP contribution >= 0.6 is 0 Å². The maximum absolute atomic E-state index is 11.6. The van der Waals surface area contributed by atoms with Crippen LogP contribution in [0.3, 0.4) is 0 Å². The minimum absolute atomic E-state index is 0.119. The first kappa shape index (κ1) is 16.0. The van der Waals surface area contributed by atoms with Crippen molar-refractivity contribution in [3.05, 3.63) is 41.5 Å². The van der Waals surface area contributed by atoms with Crippen LogP contribution in [0.15, 0.2) is 30.3 Å². The van der Waals surface area contributed by atoms with Crippen molar-refractivity contribution in [2.45, 2.75) is 32.6 Å². The van der Waals surface area contributed by atoms with Crippen molar-refractivity contribution in [3.63, 3.8) is 0 Å². The number of carbonyl (C=O) groups is 2. The number of aliphatic carboxylic acids is 1. The van der Waals surface area contributed by atoms with Crippen molar-refractivity contribution in [1.29, 1.82) is 0 Å². The first-order valence-electron chi connectivity index (χ1n) is 6.83. The molecule has 0 bridgehead atoms. The van der Waals surface area contributed by atoms with Crippen molar-refractivity contribution >= 4 is 18.0 Å². The minimum Gasteiger partial charge on any atom is -0.481 e. The Morgan fingerprint density at radius 2 is 1.95 bits per heavy atom. The third-order valence-corrected chi connectivity index (χ3v) is 2.97. The third kappa shape index (κ3) is 6.73. The van der Waals surface area contributed by atoms with E-state index in [4.69, 9.17) is 5.11 Å². The Kier molecular flexibility index (Phi) is 7.11. The number of carbonyl (C=O) groups excluding carboxylic acids is 1. The lowest BCUT2D eigenvalue weighted by Gasteiger charge is -2.02. The molecule has 4 heteroatoms. The molecule has 0 radical (unpaired) electrons. The monoisotopic (exact) mass is 275 g/mol. The molecule has 1 aromatic carbocycles. The fourth-order valence-corrected chi connectivity index (χ4v) is 1.79. The second-order valence-electron chi connectivity index (χ2n) is 4.69. The van der Waals surface area contributed by atoms with E-state index < -0.39 is 5.97 Å². The van der Waals surface area contributed by atoms with Gasteiger partial charge in [0.1, 0.15) is 0 Å². The lowest BCUT2D eigenvalue weighted by atomic mass is 10.1. The number of benzene rings is 1. The van der Waals surface area contributed by atoms with E-state index in [0.29, 0.717) is 13.0 Å². The van der Waals surface area contributed by atoms with Gasteiger partial charge in [0.25, 0.3) is 0 Å². The van der Waals surface area contributed by atoms with Gasteiger partial charge in [-0.3, -0.25) is 9.59 Å². The zero-order chi connectivity index (χ0) is 14.8. The molecule has 0 atom stereocenters. The molecule has 0 spiro atoms. The van der Waals surface area contributed by atoms with Gasteiger partial charge < -0.3 is 10.4 Å². The molecule has 1 amide bonds. The Labute approximate surface area is 119 Å². The van der Waals surface area contributed by atoms with Gasteiger partial charge in [0.15, 0.2) is 0 Å². The number of carboxylic acid groups (broad SMARTS) is 1. The van der Waals surface area contributed by atoms with E-state index in [1.54, 1.807) is 6.08 Å². The van der Waals surface area contributed by atoms with Gasteiger partial charge in [-0.25, -0.2) is 0 Å². The molecule has 1 rings (SSSR count). The van der Waals surface area contributed by atoms with Gasteiger partial charge in [0, 0.05) is 19.0 Å². The minimum atomic E-state index is -0.768. The van der Waals surface area contributed by atoms with Crippen molar-refractivity contribution in [3.8, 4) is 0 Å². The van der Waals surface area contributed by atoms with E-state index in [9.17, 15) is 9.59 Å². The Morgan fingerprint density at radius 3 is 2.65 bits per heavy atom. The molecule has 2 N–H and O–H groups in total. The largest absolute Gasteiger partial charge is 0.481 e. The smallest absolute Gasteiger partial charge is 0.303 e. The molecule has 4 nitrogen and oxygen atoms in total. The molecule has 0 aromatic heterocycles. The van der Waals surface area contributed by atoms with Crippen LogP contribution < -0.4 is 5.32 Å². The summed E-state index contributed by atoms with van der Waals surface area (Å²) >= 11 is 0. The van der Waals surface area contributed by atoms with Gasteiger partial charge >= 0.3 is 5.97 Å². The normalized spacial score (nSPS) is 10.7. The SMILES string of the molecule is Cc1ccccc1/C=C/C(=O)NCCCCCC(=O)O. The van der Waals surface area contributed by atoms with Gasteiger partial charge in [0.2, 0.25) is 5.91 Å². The van der Waals surface area contributed by atoms with Gasteiger partial charge in [-0.05, 0) is 37.0 Å². The van der Waals surface area contributed by atoms with E-state index in [1.165, 1.54) is 6.08 Å². The summed E-state index contributed by atoms with van der Waals surface area (Å²) < 4.78 is 0. The third-order valence-electron chi connectivity index (χ3n) is 2.97. The van der Waals surface area contributed by atoms with Gasteiger partial charge in [-0.15, -0.1) is 0 Å². The Hall–Kier alpha value is -2.10. The van der Waals surface area contributed by atoms with Crippen LogP contribution in [-0.2, 0) is 9.59 Å². The average molecular weight is 275 g/mol. The number of hydrogen-bond donors (Lipinski definition) is 2. The highest BCUT2D eigenvalue weighted by atomic mass is 16.4. The highest BCUT2D eigenvalue weighted by molar-refractivity contribution is 5.91. The highest BCUT2D eigenvalue weighted by Gasteiger charge is 1.98. The van der Waals surface area contributed by atoms with Crippen molar-refractivity contribution < 1.29 is 14.7 Å². The second kappa shape index (κ2) is 8.91. The van der Waals surface area contributed by atoms with Crippen LogP contribution in [0.25, 0.3) is 6.08 Å². The van der Waals surface area contributed by atoms with Crippen molar-refractivity contribution in [2.24, 2.45) is 0 Å². The first-order chi connectivity index (χ1) is 9.59. The number of hydrogen-bond acceptors (Lipinski definition) is 2. The number of unbranched alkanes of at least 4 members (excludes halogenated alkanes) is 2. The fraction of sp³-hybridized carbons (Fsp3) is 0.375. The summed E-state index contributed by atoms with van der Waals surface area (Å²) in [4.78, 5) is 21.9. The highest BCUT2D eigenvalue weighted by Crippen LogP contribution is 2.08. The summed E-state index contributed by atoms with van der Waals surface area (Å²) in [6, 6.07) is 7.86. The van der Waals surface area contributed by atoms with E-state index in [1.807, 2.05) is 31.2 Å². The second-order valence-corrected chi connectivity index (χ2v) is 4.69. The van der Waals surface area contributed by atoms with Crippen molar-refractivity contribution in [2.75, 3.05) is 6.54 Å². The maximum Gasteiger partial charge on any atom is 0.303 e. The van der Waals surface area contributed by atoms with Crippen LogP contribution in [0.4, 0.5) is 0 Å². The average Bonchev–Trinajstić information content (AvgIpc) is 2.41. The molecule has 0 saturated carbocycles. The topological polar surface area (TPSA) is 66.4 Å². The fourth-order valence-electron chi connectivity index (χ4n) is 1.79. The van der Waals surface area contributed by atoms with Crippen LogP contribution in [0.5, 0.6) is 0 Å². The van der Waals surface area contributed by atoms with Crippen LogP contribution in [0.1, 0.15) is 36.8 Å². The van der Waals surface area contributed by atoms with E-state index in [0.717, 1.165) is 24.0 Å². The van der Waals surface area contributed by atoms with E-state index >= 15 is 0 Å². The number of rotatable bonds is 8. The van der Waals surface area contributed by atoms with Gasteiger partial charge in [-0.1, -0.05) is 30.7 Å². The zero-order valence-electron chi connectivity index (χ0n) is 11.8. The zero-order valence-corrected chi connectivity index (χ0v) is 11.8. The number of nitrogens with one attached hydrogen (secondary N) is 1. The predicted molar refractivity (Wildman–Crippen MR) is 79.3 cm³/mol. The van der Waals surface area contributed by atoms with Gasteiger partial charge in [0.05, 0.1) is 0 Å². The lowest BCUT2D eigenvalue weighted by Crippen LogP contribution is -2.22. The molecule has 20 heavy (non-hydrogen) atoms. The van der Waals surface area contributed by atoms with E-state index in [-0.39, 0.29) is 12.3 Å². The molecule has 0 unspecified atom stereocenters. The number of aryl methyl sites for hydroxylation is 1. The Balaban J connectivity index is 2.20. The summed E-state index contributed by atoms with van der Waals surface area (Å²) in [5.74, 6) is -0.887. The van der Waals surface area contributed by atoms with Gasteiger partial charge in [-0.2, -0.15) is 0 Å². The van der Waals surface area contributed by atoms with Crippen LogP contribution in [0.2, 0.25) is 0 Å². The first-order valence-corrected chi connectivity index (χ1v) is 6.83. The summed E-state index contributed by atoms with van der Waals surface area (Å²) in [5.41, 5.74) is 2.16. The molecule has 1 aromatic rings. The summed E-state index contributed by atoms with van der Waals surface area (Å²) in [5, 5.41) is 11.3. The Morgan fingerprint density at radius 1 is 1.20 bits per heavy atom. The van der Waals surface area contributed by atoms with Crippen molar-refractivity contribution in [1.82, 2.24) is 5.32 Å². The maximum atomic E-state index is 11.6. The van der Waals surface area contributed by atoms with Crippen LogP contribution in [-0.4, -0.2) is 23.5 Å². The molecule has 0 aliphatic heterocycles. The summed E-state index contributed by atoms with van der Waals surface area (Å²) in [7, 11) is 0. The van der Waals surface area contributed by atoms with Crippen LogP contribution in [0, 0.1) is 6.92 Å². The molecular formula is C16H21NO3. The molecule has 0 aliphatic carbocycles. The molecule has 0 fully saturated rings. The molecule has 0 aliphatic rings. The summed E-state index contributed by atoms with van der Waals surface area (Å²) in [6.07, 6.45) is 5.80. The van der Waals surface area contributed by atoms with E-state index in [2.05, 4.69) is 5.32 Å². The molecular weight excluding hydrogens is 254 g/mol. The standard InChI is InChI=1S/C16H21NO3/c1-13-7-4-5-8-14(13)10-11-15(18)17-12-6-2-3-9-16(19)20/h4-5,7-8,10-11H,2-3,6,9,12H2,1H3,(H,17,18)(H,19,20)/b11-10+. The molecule has 108 valence electrons. The molecule has 0 saturated heterocycles. The Bertz CT molecular complexity index is 480. The predicted octanol–water partition coefficient (Wildman–Crippen LogP) is 2.77. The lowest BCUT2D eigenvalue weighted by molar-refractivity contribution is -0.137. The molecule has 0 heterocycles. The number of amides is 1. The number of carboxylic acids is 1. The summed E-state index contributed by atoms with van der Waals surface area (Å²) in [6.45, 7) is 2.58. The quantitative estimate of drug-likeness (QED) is 0.566.